The molecule has 0 bridgehead atoms. The van der Waals surface area contributed by atoms with Crippen molar-refractivity contribution in [2.75, 3.05) is 19.8 Å². The van der Waals surface area contributed by atoms with Crippen molar-refractivity contribution in [1.82, 2.24) is 5.32 Å². The average molecular weight is 233 g/mol. The van der Waals surface area contributed by atoms with E-state index in [0.29, 0.717) is 18.1 Å². The molecule has 1 aromatic rings. The minimum atomic E-state index is -0.255. The second-order valence-electron chi connectivity index (χ2n) is 3.15. The van der Waals surface area contributed by atoms with E-state index in [1.807, 2.05) is 19.1 Å². The van der Waals surface area contributed by atoms with E-state index >= 15 is 0 Å². The van der Waals surface area contributed by atoms with E-state index in [2.05, 4.69) is 11.2 Å². The molecule has 0 spiro atoms. The summed E-state index contributed by atoms with van der Waals surface area (Å²) in [4.78, 5) is 11.3. The Hall–Kier alpha value is -2.15. The first-order valence-corrected chi connectivity index (χ1v) is 5.32. The first-order valence-electron chi connectivity index (χ1n) is 5.32. The van der Waals surface area contributed by atoms with E-state index in [1.54, 1.807) is 12.1 Å². The molecule has 0 aliphatic carbocycles. The number of carbonyl (C=O) groups is 1. The van der Waals surface area contributed by atoms with Crippen LogP contribution in [0, 0.1) is 12.3 Å². The number of carbonyl (C=O) groups excluding carboxylic acids is 1. The van der Waals surface area contributed by atoms with Gasteiger partial charge in [0.05, 0.1) is 13.2 Å². The lowest BCUT2D eigenvalue weighted by atomic mass is 10.3. The normalized spacial score (nSPS) is 9.18. The Morgan fingerprint density at radius 2 is 2.00 bits per heavy atom. The van der Waals surface area contributed by atoms with E-state index < -0.39 is 0 Å². The van der Waals surface area contributed by atoms with Crippen LogP contribution in [0.2, 0.25) is 0 Å². The van der Waals surface area contributed by atoms with Gasteiger partial charge in [0.1, 0.15) is 0 Å². The maximum atomic E-state index is 11.3. The van der Waals surface area contributed by atoms with Crippen molar-refractivity contribution in [3.63, 3.8) is 0 Å². The minimum Gasteiger partial charge on any atom is -0.490 e. The molecule has 0 radical (unpaired) electrons. The zero-order valence-electron chi connectivity index (χ0n) is 9.73. The number of terminal acetylenes is 1. The summed E-state index contributed by atoms with van der Waals surface area (Å²) in [6.07, 6.45) is 5.02. The number of amides is 1. The molecule has 0 saturated heterocycles. The lowest BCUT2D eigenvalue weighted by molar-refractivity contribution is -0.122. The van der Waals surface area contributed by atoms with Gasteiger partial charge in [0.15, 0.2) is 18.1 Å². The van der Waals surface area contributed by atoms with Gasteiger partial charge in [0.25, 0.3) is 5.91 Å². The molecule has 0 atom stereocenters. The van der Waals surface area contributed by atoms with E-state index in [4.69, 9.17) is 15.9 Å². The van der Waals surface area contributed by atoms with Crippen molar-refractivity contribution in [3.8, 4) is 23.8 Å². The van der Waals surface area contributed by atoms with Crippen LogP contribution in [-0.2, 0) is 4.79 Å². The van der Waals surface area contributed by atoms with Crippen LogP contribution in [0.25, 0.3) is 0 Å². The van der Waals surface area contributed by atoms with Gasteiger partial charge in [0.2, 0.25) is 0 Å². The summed E-state index contributed by atoms with van der Waals surface area (Å²) in [5, 5.41) is 2.51. The molecular weight excluding hydrogens is 218 g/mol. The first-order chi connectivity index (χ1) is 8.27. The molecule has 4 nitrogen and oxygen atoms in total. The van der Waals surface area contributed by atoms with Gasteiger partial charge in [-0.3, -0.25) is 4.79 Å². The molecule has 4 heteroatoms. The van der Waals surface area contributed by atoms with Gasteiger partial charge in [-0.15, -0.1) is 6.42 Å². The molecule has 1 N–H and O–H groups in total. The number of hydrogen-bond acceptors (Lipinski definition) is 3. The highest BCUT2D eigenvalue weighted by Gasteiger charge is 2.06. The Morgan fingerprint density at radius 1 is 1.35 bits per heavy atom. The van der Waals surface area contributed by atoms with Crippen molar-refractivity contribution >= 4 is 5.91 Å². The number of rotatable bonds is 6. The van der Waals surface area contributed by atoms with Gasteiger partial charge in [-0.1, -0.05) is 18.1 Å². The molecule has 0 aliphatic heterocycles. The average Bonchev–Trinajstić information content (AvgIpc) is 2.35. The number of hydrogen-bond donors (Lipinski definition) is 1. The Bertz CT molecular complexity index is 409. The Labute approximate surface area is 101 Å². The largest absolute Gasteiger partial charge is 0.490 e. The quantitative estimate of drug-likeness (QED) is 0.751. The van der Waals surface area contributed by atoms with Crippen LogP contribution in [0.1, 0.15) is 6.92 Å². The smallest absolute Gasteiger partial charge is 0.258 e. The highest BCUT2D eigenvalue weighted by molar-refractivity contribution is 5.77. The molecule has 0 fully saturated rings. The van der Waals surface area contributed by atoms with E-state index in [1.165, 1.54) is 0 Å². The van der Waals surface area contributed by atoms with E-state index in [-0.39, 0.29) is 19.1 Å². The summed E-state index contributed by atoms with van der Waals surface area (Å²) in [5.41, 5.74) is 0. The summed E-state index contributed by atoms with van der Waals surface area (Å²) < 4.78 is 10.7. The van der Waals surface area contributed by atoms with Gasteiger partial charge in [-0.05, 0) is 19.1 Å². The molecule has 1 aromatic carbocycles. The lowest BCUT2D eigenvalue weighted by Crippen LogP contribution is -2.29. The zero-order chi connectivity index (χ0) is 12.5. The molecule has 0 unspecified atom stereocenters. The van der Waals surface area contributed by atoms with Crippen LogP contribution in [-0.4, -0.2) is 25.7 Å². The van der Waals surface area contributed by atoms with E-state index in [9.17, 15) is 4.79 Å². The Balaban J connectivity index is 2.51. The molecule has 17 heavy (non-hydrogen) atoms. The third-order valence-corrected chi connectivity index (χ3v) is 1.90. The molecule has 0 aromatic heterocycles. The predicted octanol–water partition coefficient (Wildman–Crippen LogP) is 1.21. The summed E-state index contributed by atoms with van der Waals surface area (Å²) in [6, 6.07) is 7.20. The van der Waals surface area contributed by atoms with Crippen LogP contribution < -0.4 is 14.8 Å². The van der Waals surface area contributed by atoms with Gasteiger partial charge in [0, 0.05) is 0 Å². The van der Waals surface area contributed by atoms with Crippen LogP contribution >= 0.6 is 0 Å². The third kappa shape index (κ3) is 4.47. The lowest BCUT2D eigenvalue weighted by Gasteiger charge is -2.10. The van der Waals surface area contributed by atoms with Crippen LogP contribution in [0.4, 0.5) is 0 Å². The van der Waals surface area contributed by atoms with Gasteiger partial charge in [-0.2, -0.15) is 0 Å². The van der Waals surface area contributed by atoms with Gasteiger partial charge < -0.3 is 14.8 Å². The Kier molecular flexibility index (Phi) is 5.45. The molecular formula is C13H15NO3. The van der Waals surface area contributed by atoms with Crippen molar-refractivity contribution in [3.05, 3.63) is 24.3 Å². The second-order valence-corrected chi connectivity index (χ2v) is 3.15. The molecule has 90 valence electrons. The summed E-state index contributed by atoms with van der Waals surface area (Å²) in [5.74, 6) is 3.23. The molecule has 0 aliphatic rings. The molecule has 0 saturated carbocycles. The van der Waals surface area contributed by atoms with Crippen molar-refractivity contribution < 1.29 is 14.3 Å². The fourth-order valence-corrected chi connectivity index (χ4v) is 1.19. The highest BCUT2D eigenvalue weighted by Crippen LogP contribution is 2.25. The standard InChI is InChI=1S/C13H15NO3/c1-3-9-14-13(15)10-17-12-8-6-5-7-11(12)16-4-2/h1,5-8H,4,9-10H2,2H3,(H,14,15). The zero-order valence-corrected chi connectivity index (χ0v) is 9.73. The number of benzene rings is 1. The molecule has 0 heterocycles. The van der Waals surface area contributed by atoms with Crippen molar-refractivity contribution in [1.29, 1.82) is 0 Å². The summed E-state index contributed by atoms with van der Waals surface area (Å²) in [6.45, 7) is 2.56. The summed E-state index contributed by atoms with van der Waals surface area (Å²) in [7, 11) is 0. The van der Waals surface area contributed by atoms with E-state index in [0.717, 1.165) is 0 Å². The third-order valence-electron chi connectivity index (χ3n) is 1.90. The second kappa shape index (κ2) is 7.18. The number of ether oxygens (including phenoxy) is 2. The minimum absolute atomic E-state index is 0.0776. The topological polar surface area (TPSA) is 47.6 Å². The molecule has 1 rings (SSSR count). The maximum Gasteiger partial charge on any atom is 0.258 e. The van der Waals surface area contributed by atoms with Gasteiger partial charge >= 0.3 is 0 Å². The van der Waals surface area contributed by atoms with Crippen LogP contribution in [0.15, 0.2) is 24.3 Å². The highest BCUT2D eigenvalue weighted by atomic mass is 16.5. The SMILES string of the molecule is C#CCNC(=O)COc1ccccc1OCC. The Morgan fingerprint density at radius 3 is 2.59 bits per heavy atom. The monoisotopic (exact) mass is 233 g/mol. The van der Waals surface area contributed by atoms with Crippen molar-refractivity contribution in [2.45, 2.75) is 6.92 Å². The van der Waals surface area contributed by atoms with Crippen molar-refractivity contribution in [2.24, 2.45) is 0 Å². The van der Waals surface area contributed by atoms with Gasteiger partial charge in [-0.25, -0.2) is 0 Å². The van der Waals surface area contributed by atoms with Crippen LogP contribution in [0.5, 0.6) is 11.5 Å². The maximum absolute atomic E-state index is 11.3. The summed E-state index contributed by atoms with van der Waals surface area (Å²) >= 11 is 0. The fourth-order valence-electron chi connectivity index (χ4n) is 1.19. The first kappa shape index (κ1) is 12.9. The predicted molar refractivity (Wildman–Crippen MR) is 64.9 cm³/mol. The number of para-hydroxylation sites is 2. The van der Waals surface area contributed by atoms with Crippen LogP contribution in [0.3, 0.4) is 0 Å². The fraction of sp³-hybridized carbons (Fsp3) is 0.308. The number of nitrogens with one attached hydrogen (secondary N) is 1. The molecule has 1 amide bonds.